The van der Waals surface area contributed by atoms with Gasteiger partial charge in [-0.25, -0.2) is 0 Å². The molecule has 0 amide bonds. The Morgan fingerprint density at radius 1 is 1.33 bits per heavy atom. The smallest absolute Gasteiger partial charge is 0.292 e. The second-order valence-corrected chi connectivity index (χ2v) is 6.22. The number of hydrogen-bond acceptors (Lipinski definition) is 5. The van der Waals surface area contributed by atoms with Gasteiger partial charge in [-0.2, -0.15) is 0 Å². The van der Waals surface area contributed by atoms with Crippen molar-refractivity contribution in [3.63, 3.8) is 0 Å². The molecule has 2 fully saturated rings. The number of hydrogen-bond donors (Lipinski definition) is 1. The average Bonchev–Trinajstić information content (AvgIpc) is 2.67. The van der Waals surface area contributed by atoms with Crippen molar-refractivity contribution in [2.24, 2.45) is 0 Å². The third kappa shape index (κ3) is 2.87. The Bertz CT molecular complexity index is 548. The van der Waals surface area contributed by atoms with Crippen LogP contribution >= 0.6 is 0 Å². The minimum Gasteiger partial charge on any atom is -0.393 e. The van der Waals surface area contributed by atoms with E-state index in [1.807, 2.05) is 6.07 Å². The van der Waals surface area contributed by atoms with Crippen LogP contribution in [0.4, 0.5) is 11.4 Å². The van der Waals surface area contributed by atoms with E-state index in [0.717, 1.165) is 31.2 Å². The van der Waals surface area contributed by atoms with Gasteiger partial charge in [0, 0.05) is 37.8 Å². The lowest BCUT2D eigenvalue weighted by Gasteiger charge is -2.25. The van der Waals surface area contributed by atoms with E-state index in [4.69, 9.17) is 5.73 Å². The normalized spacial score (nSPS) is 26.7. The van der Waals surface area contributed by atoms with Gasteiger partial charge in [-0.3, -0.25) is 19.9 Å². The molecule has 21 heavy (non-hydrogen) atoms. The number of likely N-dealkylation sites (N-methyl/N-ethyl adjacent to an activating group) is 1. The predicted octanol–water partition coefficient (Wildman–Crippen LogP) is 1.85. The first-order valence-electron chi connectivity index (χ1n) is 7.51. The van der Waals surface area contributed by atoms with Gasteiger partial charge >= 0.3 is 0 Å². The van der Waals surface area contributed by atoms with Crippen LogP contribution in [0.5, 0.6) is 0 Å². The zero-order valence-corrected chi connectivity index (χ0v) is 12.4. The van der Waals surface area contributed by atoms with E-state index in [9.17, 15) is 10.1 Å². The fourth-order valence-electron chi connectivity index (χ4n) is 3.65. The summed E-state index contributed by atoms with van der Waals surface area (Å²) in [5, 5.41) is 10.8. The molecule has 2 atom stereocenters. The molecule has 1 aromatic rings. The molecule has 2 aliphatic rings. The number of nitro benzene ring substituents is 1. The molecular formula is C15H22N4O2. The number of nitro groups is 1. The summed E-state index contributed by atoms with van der Waals surface area (Å²) in [6.07, 6.45) is 3.80. The number of nitrogens with two attached hydrogens (primary N) is 1. The number of anilines is 1. The van der Waals surface area contributed by atoms with Crippen LogP contribution in [0, 0.1) is 10.1 Å². The van der Waals surface area contributed by atoms with Crippen molar-refractivity contribution in [1.82, 2.24) is 9.80 Å². The first-order valence-corrected chi connectivity index (χ1v) is 7.51. The zero-order valence-electron chi connectivity index (χ0n) is 12.4. The molecule has 2 bridgehead atoms. The van der Waals surface area contributed by atoms with Crippen LogP contribution in [0.3, 0.4) is 0 Å². The first kappa shape index (κ1) is 14.3. The monoisotopic (exact) mass is 290 g/mol. The molecule has 0 aromatic heterocycles. The third-order valence-corrected chi connectivity index (χ3v) is 4.93. The second kappa shape index (κ2) is 5.61. The highest BCUT2D eigenvalue weighted by Crippen LogP contribution is 2.29. The van der Waals surface area contributed by atoms with Crippen molar-refractivity contribution in [1.29, 1.82) is 0 Å². The van der Waals surface area contributed by atoms with Crippen LogP contribution in [0.25, 0.3) is 0 Å². The molecule has 2 unspecified atom stereocenters. The molecule has 2 aliphatic heterocycles. The van der Waals surface area contributed by atoms with Gasteiger partial charge in [-0.1, -0.05) is 6.07 Å². The van der Waals surface area contributed by atoms with E-state index in [1.54, 1.807) is 6.07 Å². The summed E-state index contributed by atoms with van der Waals surface area (Å²) in [4.78, 5) is 15.3. The van der Waals surface area contributed by atoms with Gasteiger partial charge < -0.3 is 5.73 Å². The van der Waals surface area contributed by atoms with Gasteiger partial charge in [0.15, 0.2) is 0 Å². The van der Waals surface area contributed by atoms with Gasteiger partial charge in [0.2, 0.25) is 0 Å². The Kier molecular flexibility index (Phi) is 3.82. The zero-order chi connectivity index (χ0) is 15.0. The maximum absolute atomic E-state index is 10.8. The quantitative estimate of drug-likeness (QED) is 0.522. The van der Waals surface area contributed by atoms with Crippen LogP contribution in [0.1, 0.15) is 24.8 Å². The molecule has 6 heteroatoms. The molecule has 6 nitrogen and oxygen atoms in total. The highest BCUT2D eigenvalue weighted by molar-refractivity contribution is 5.59. The molecular weight excluding hydrogens is 268 g/mol. The Morgan fingerprint density at radius 3 is 2.81 bits per heavy atom. The van der Waals surface area contributed by atoms with E-state index in [-0.39, 0.29) is 11.4 Å². The molecule has 2 saturated heterocycles. The van der Waals surface area contributed by atoms with E-state index in [0.29, 0.717) is 6.04 Å². The van der Waals surface area contributed by atoms with Crippen LogP contribution in [0.15, 0.2) is 18.2 Å². The SMILES string of the molecule is CN1C2CCC1CN(Cc1ccc([N+](=O)[O-])c(N)c1)CC2. The summed E-state index contributed by atoms with van der Waals surface area (Å²) in [7, 11) is 2.23. The van der Waals surface area contributed by atoms with Gasteiger partial charge in [0.1, 0.15) is 5.69 Å². The van der Waals surface area contributed by atoms with Gasteiger partial charge in [0.05, 0.1) is 4.92 Å². The molecule has 0 aliphatic carbocycles. The number of rotatable bonds is 3. The minimum atomic E-state index is -0.432. The van der Waals surface area contributed by atoms with Crippen LogP contribution < -0.4 is 5.73 Å². The van der Waals surface area contributed by atoms with Crippen molar-refractivity contribution in [2.75, 3.05) is 25.9 Å². The summed E-state index contributed by atoms with van der Waals surface area (Å²) in [5.41, 5.74) is 7.08. The lowest BCUT2D eigenvalue weighted by molar-refractivity contribution is -0.383. The lowest BCUT2D eigenvalue weighted by Crippen LogP contribution is -2.36. The predicted molar refractivity (Wildman–Crippen MR) is 82.0 cm³/mol. The van der Waals surface area contributed by atoms with E-state index in [1.165, 1.54) is 25.3 Å². The van der Waals surface area contributed by atoms with Gasteiger partial charge in [-0.15, -0.1) is 0 Å². The Morgan fingerprint density at radius 2 is 2.10 bits per heavy atom. The highest BCUT2D eigenvalue weighted by atomic mass is 16.6. The van der Waals surface area contributed by atoms with Crippen molar-refractivity contribution >= 4 is 11.4 Å². The first-order chi connectivity index (χ1) is 10.0. The molecule has 114 valence electrons. The Labute approximate surface area is 124 Å². The standard InChI is InChI=1S/C15H22N4O2/c1-17-12-3-4-13(17)10-18(7-6-12)9-11-2-5-15(19(20)21)14(16)8-11/h2,5,8,12-13H,3-4,6-7,9-10,16H2,1H3. The summed E-state index contributed by atoms with van der Waals surface area (Å²) < 4.78 is 0. The molecule has 0 spiro atoms. The van der Waals surface area contributed by atoms with E-state index < -0.39 is 4.92 Å². The van der Waals surface area contributed by atoms with E-state index in [2.05, 4.69) is 16.8 Å². The fraction of sp³-hybridized carbons (Fsp3) is 0.600. The molecule has 3 rings (SSSR count). The lowest BCUT2D eigenvalue weighted by atomic mass is 10.1. The number of nitrogens with zero attached hydrogens (tertiary/aromatic N) is 3. The van der Waals surface area contributed by atoms with Crippen LogP contribution in [-0.2, 0) is 6.54 Å². The largest absolute Gasteiger partial charge is 0.393 e. The van der Waals surface area contributed by atoms with Crippen molar-refractivity contribution in [2.45, 2.75) is 37.9 Å². The number of likely N-dealkylation sites (tertiary alicyclic amines) is 1. The average molecular weight is 290 g/mol. The van der Waals surface area contributed by atoms with Gasteiger partial charge in [-0.05, 0) is 37.9 Å². The van der Waals surface area contributed by atoms with Crippen molar-refractivity contribution < 1.29 is 4.92 Å². The molecule has 1 aromatic carbocycles. The molecule has 2 heterocycles. The van der Waals surface area contributed by atoms with E-state index >= 15 is 0 Å². The second-order valence-electron chi connectivity index (χ2n) is 6.22. The molecule has 0 saturated carbocycles. The Hall–Kier alpha value is -1.66. The number of benzene rings is 1. The maximum Gasteiger partial charge on any atom is 0.292 e. The van der Waals surface area contributed by atoms with Gasteiger partial charge in [0.25, 0.3) is 5.69 Å². The highest BCUT2D eigenvalue weighted by Gasteiger charge is 2.34. The fourth-order valence-corrected chi connectivity index (χ4v) is 3.65. The number of fused-ring (bicyclic) bond motifs is 2. The Balaban J connectivity index is 1.69. The minimum absolute atomic E-state index is 0.00610. The molecule has 0 radical (unpaired) electrons. The van der Waals surface area contributed by atoms with Crippen LogP contribution in [-0.4, -0.2) is 46.9 Å². The van der Waals surface area contributed by atoms with Crippen molar-refractivity contribution in [3.05, 3.63) is 33.9 Å². The third-order valence-electron chi connectivity index (χ3n) is 4.93. The maximum atomic E-state index is 10.8. The summed E-state index contributed by atoms with van der Waals surface area (Å²) in [5.74, 6) is 0. The summed E-state index contributed by atoms with van der Waals surface area (Å²) in [6, 6.07) is 6.45. The molecule has 2 N–H and O–H groups in total. The van der Waals surface area contributed by atoms with Crippen molar-refractivity contribution in [3.8, 4) is 0 Å². The number of nitrogen functional groups attached to an aromatic ring is 1. The topological polar surface area (TPSA) is 75.6 Å². The van der Waals surface area contributed by atoms with Crippen LogP contribution in [0.2, 0.25) is 0 Å². The summed E-state index contributed by atoms with van der Waals surface area (Å²) >= 11 is 0. The summed E-state index contributed by atoms with van der Waals surface area (Å²) in [6.45, 7) is 2.98.